The Morgan fingerprint density at radius 1 is 0.889 bits per heavy atom. The molecule has 0 radical (unpaired) electrons. The van der Waals surface area contributed by atoms with Gasteiger partial charge in [-0.25, -0.2) is 17.5 Å². The van der Waals surface area contributed by atoms with Crippen molar-refractivity contribution in [3.8, 4) is 5.88 Å². The van der Waals surface area contributed by atoms with Gasteiger partial charge in [-0.15, -0.1) is 0 Å². The normalized spacial score (nSPS) is 20.8. The van der Waals surface area contributed by atoms with Crippen LogP contribution in [0.25, 0.3) is 16.6 Å². The van der Waals surface area contributed by atoms with Crippen molar-refractivity contribution in [3.63, 3.8) is 0 Å². The lowest BCUT2D eigenvalue weighted by Gasteiger charge is -2.49. The number of amides is 1. The molecule has 1 spiro atoms. The number of ether oxygens (including phenoxy) is 3. The molecule has 3 N–H and O–H groups in total. The zero-order valence-corrected chi connectivity index (χ0v) is 41.6. The van der Waals surface area contributed by atoms with Gasteiger partial charge >= 0.3 is 0 Å². The Morgan fingerprint density at radius 2 is 1.67 bits per heavy atom. The number of aromatic nitrogens is 2. The lowest BCUT2D eigenvalue weighted by molar-refractivity contribution is -0.384. The number of piperidine rings is 1. The van der Waals surface area contributed by atoms with Gasteiger partial charge in [0.1, 0.15) is 29.3 Å². The second kappa shape index (κ2) is 19.9. The summed E-state index contributed by atoms with van der Waals surface area (Å²) in [6.07, 6.45) is 7.75. The van der Waals surface area contributed by atoms with E-state index in [4.69, 9.17) is 30.8 Å². The highest BCUT2D eigenvalue weighted by Gasteiger charge is 2.42. The number of rotatable bonds is 13. The number of fused-ring (bicyclic) bond motifs is 2. The Bertz CT molecular complexity index is 3000. The lowest BCUT2D eigenvalue weighted by atomic mass is 9.65. The predicted molar refractivity (Wildman–Crippen MR) is 274 cm³/mol. The van der Waals surface area contributed by atoms with Gasteiger partial charge in [-0.05, 0) is 116 Å². The maximum absolute atomic E-state index is 15.4. The van der Waals surface area contributed by atoms with Crippen LogP contribution in [0.1, 0.15) is 60.9 Å². The van der Waals surface area contributed by atoms with Crippen LogP contribution in [0.2, 0.25) is 5.02 Å². The number of benzene rings is 3. The number of nitrogens with zero attached hydrogens (tertiary/aromatic N) is 6. The van der Waals surface area contributed by atoms with Gasteiger partial charge in [0.25, 0.3) is 21.6 Å². The van der Waals surface area contributed by atoms with E-state index in [0.717, 1.165) is 100 Å². The van der Waals surface area contributed by atoms with Crippen molar-refractivity contribution in [1.82, 2.24) is 24.5 Å². The van der Waals surface area contributed by atoms with Crippen molar-refractivity contribution < 1.29 is 36.7 Å². The summed E-state index contributed by atoms with van der Waals surface area (Å²) >= 11 is 6.36. The molecule has 3 aromatic carbocycles. The largest absolute Gasteiger partial charge is 0.474 e. The SMILES string of the molecule is O=C(NS(=O)(=O)c1ccc(NCC2(F)CCOCC2)c([N+](=O)[O-])c1)c1ccc(N2CCN(CC3=C(c4ccc(Cl)cc4)CCC4(CCN(C5COC5)CC4)C3)CC2)cc1N1CCOc2nc3[nH]ccc3cc21. The Hall–Kier alpha value is -5.83. The van der Waals surface area contributed by atoms with E-state index in [0.29, 0.717) is 40.9 Å². The highest BCUT2D eigenvalue weighted by molar-refractivity contribution is 7.90. The minimum Gasteiger partial charge on any atom is -0.474 e. The van der Waals surface area contributed by atoms with Crippen molar-refractivity contribution in [2.24, 2.45) is 5.41 Å². The fraction of sp³-hybridized carbons (Fsp3) is 0.462. The smallest absolute Gasteiger partial charge is 0.293 e. The van der Waals surface area contributed by atoms with E-state index >= 15 is 4.39 Å². The van der Waals surface area contributed by atoms with Crippen molar-refractivity contribution in [2.45, 2.75) is 61.6 Å². The molecule has 0 atom stereocenters. The Labute approximate surface area is 422 Å². The summed E-state index contributed by atoms with van der Waals surface area (Å²) in [5.74, 6) is -0.562. The first-order chi connectivity index (χ1) is 34.8. The molecule has 5 aliphatic heterocycles. The van der Waals surface area contributed by atoms with Crippen molar-refractivity contribution in [2.75, 3.05) is 107 Å². The van der Waals surface area contributed by atoms with Crippen molar-refractivity contribution in [1.29, 1.82) is 0 Å². The molecule has 5 aromatic rings. The van der Waals surface area contributed by atoms with Crippen LogP contribution in [-0.2, 0) is 19.5 Å². The first-order valence-corrected chi connectivity index (χ1v) is 26.8. The van der Waals surface area contributed by atoms with Crippen LogP contribution in [0.3, 0.4) is 0 Å². The Kier molecular flexibility index (Phi) is 13.4. The maximum atomic E-state index is 15.4. The average Bonchev–Trinajstić information content (AvgIpc) is 3.83. The number of piperazine rings is 1. The number of anilines is 4. The van der Waals surface area contributed by atoms with Gasteiger partial charge in [0.05, 0.1) is 46.9 Å². The molecule has 11 rings (SSSR count). The highest BCUT2D eigenvalue weighted by atomic mass is 35.5. The van der Waals surface area contributed by atoms with E-state index in [1.54, 1.807) is 12.3 Å². The Morgan fingerprint density at radius 3 is 2.40 bits per heavy atom. The number of carbonyl (C=O) groups excluding carboxylic acids is 1. The lowest BCUT2D eigenvalue weighted by Crippen LogP contribution is -2.54. The van der Waals surface area contributed by atoms with Crippen molar-refractivity contribution in [3.05, 3.63) is 111 Å². The maximum Gasteiger partial charge on any atom is 0.293 e. The van der Waals surface area contributed by atoms with Crippen LogP contribution in [0.15, 0.2) is 89.5 Å². The quantitative estimate of drug-likeness (QED) is 0.0762. The van der Waals surface area contributed by atoms with Crippen LogP contribution >= 0.6 is 11.6 Å². The van der Waals surface area contributed by atoms with Gasteiger partial charge in [-0.2, -0.15) is 4.98 Å². The number of pyridine rings is 1. The van der Waals surface area contributed by atoms with E-state index in [2.05, 4.69) is 41.9 Å². The molecule has 2 aromatic heterocycles. The van der Waals surface area contributed by atoms with E-state index in [-0.39, 0.29) is 50.5 Å². The number of nitrogens with one attached hydrogen (secondary N) is 3. The molecule has 0 saturated carbocycles. The number of aromatic amines is 1. The number of likely N-dealkylation sites (tertiary alicyclic amines) is 1. The van der Waals surface area contributed by atoms with E-state index in [1.807, 2.05) is 41.3 Å². The summed E-state index contributed by atoms with van der Waals surface area (Å²) in [6, 6.07) is 21.3. The van der Waals surface area contributed by atoms with E-state index < -0.39 is 37.1 Å². The van der Waals surface area contributed by atoms with Gasteiger partial charge in [0.15, 0.2) is 0 Å². The molecule has 4 saturated heterocycles. The second-order valence-electron chi connectivity index (χ2n) is 20.2. The number of H-pyrrole nitrogens is 1. The monoisotopic (exact) mass is 1020 g/mol. The number of nitro groups is 1. The molecule has 6 aliphatic rings. The number of alkyl halides is 1. The van der Waals surface area contributed by atoms with E-state index in [9.17, 15) is 23.3 Å². The third kappa shape index (κ3) is 9.98. The molecule has 17 nitrogen and oxygen atoms in total. The minimum absolute atomic E-state index is 0.0442. The standard InChI is InChI=1S/C52H59ClFN9O8S/c53-38-3-1-35(2-4-38)42-9-11-51(12-17-60(18-13-51)40-32-70-33-40)30-37(42)31-59-19-21-61(22-20-59)39-5-7-43(45(28-39)62-23-26-71-50-47(62)27-36-10-16-55-48(36)57-50)49(64)58-72(67,68)41-6-8-44(46(29-41)63(65)66)56-34-52(54)14-24-69-25-15-52/h1-8,10,16,27-29,40,56H,9,11-15,17-26,30-34H2,(H,55,57)(H,58,64). The number of sulfonamides is 1. The molecule has 0 unspecified atom stereocenters. The average molecular weight is 1020 g/mol. The Balaban J connectivity index is 0.840. The van der Waals surface area contributed by atoms with Crippen LogP contribution in [0.4, 0.5) is 32.8 Å². The van der Waals surface area contributed by atoms with Gasteiger partial charge in [0, 0.05) is 93.7 Å². The summed E-state index contributed by atoms with van der Waals surface area (Å²) in [6.45, 7) is 8.72. The van der Waals surface area contributed by atoms with E-state index in [1.165, 1.54) is 42.0 Å². The summed E-state index contributed by atoms with van der Waals surface area (Å²) in [4.78, 5) is 42.6. The summed E-state index contributed by atoms with van der Waals surface area (Å²) in [5.41, 5.74) is 4.88. The van der Waals surface area contributed by atoms with Gasteiger partial charge in [0.2, 0.25) is 5.88 Å². The first kappa shape index (κ1) is 48.4. The summed E-state index contributed by atoms with van der Waals surface area (Å²) < 4.78 is 62.3. The molecular weight excluding hydrogens is 965 g/mol. The molecule has 4 fully saturated rings. The number of hydrogen-bond donors (Lipinski definition) is 3. The fourth-order valence-electron chi connectivity index (χ4n) is 11.4. The number of hydrogen-bond acceptors (Lipinski definition) is 14. The third-order valence-corrected chi connectivity index (χ3v) is 17.4. The van der Waals surface area contributed by atoms with Gasteiger partial charge in [-0.3, -0.25) is 24.7 Å². The van der Waals surface area contributed by atoms with Crippen molar-refractivity contribution >= 4 is 72.6 Å². The topological polar surface area (TPSA) is 188 Å². The zero-order valence-electron chi connectivity index (χ0n) is 40.0. The summed E-state index contributed by atoms with van der Waals surface area (Å²) in [5, 5.41) is 16.6. The number of halogens is 2. The first-order valence-electron chi connectivity index (χ1n) is 25.0. The van der Waals surface area contributed by atoms with Crippen LogP contribution in [0.5, 0.6) is 5.88 Å². The molecule has 0 bridgehead atoms. The molecule has 380 valence electrons. The van der Waals surface area contributed by atoms with Crippen LogP contribution < -0.4 is 24.6 Å². The fourth-order valence-corrected chi connectivity index (χ4v) is 12.5. The number of nitro benzene ring substituents is 1. The predicted octanol–water partition coefficient (Wildman–Crippen LogP) is 7.95. The molecule has 1 amide bonds. The zero-order chi connectivity index (χ0) is 49.6. The third-order valence-electron chi connectivity index (χ3n) is 15.8. The minimum atomic E-state index is -4.66. The second-order valence-corrected chi connectivity index (χ2v) is 22.3. The van der Waals surface area contributed by atoms with Gasteiger partial charge in [-0.1, -0.05) is 29.3 Å². The molecule has 7 heterocycles. The van der Waals surface area contributed by atoms with Gasteiger partial charge < -0.3 is 34.3 Å². The molecular formula is C52H59ClFN9O8S. The number of allylic oxidation sites excluding steroid dienone is 1. The highest BCUT2D eigenvalue weighted by Crippen LogP contribution is 2.50. The molecule has 72 heavy (non-hydrogen) atoms. The van der Waals surface area contributed by atoms with Crippen LogP contribution in [-0.4, -0.2) is 143 Å². The molecule has 1 aliphatic carbocycles. The summed E-state index contributed by atoms with van der Waals surface area (Å²) in [7, 11) is -4.66. The number of carbonyl (C=O) groups is 1. The molecule has 20 heteroatoms. The van der Waals surface area contributed by atoms with Crippen LogP contribution in [0, 0.1) is 15.5 Å².